The number of guanidine groups is 1. The van der Waals surface area contributed by atoms with Crippen LogP contribution in [0.3, 0.4) is 0 Å². The Morgan fingerprint density at radius 2 is 1.93 bits per heavy atom. The van der Waals surface area contributed by atoms with Crippen molar-refractivity contribution >= 4 is 46.8 Å². The summed E-state index contributed by atoms with van der Waals surface area (Å²) in [4.78, 5) is -0.189. The number of ether oxygens (including phenoxy) is 2. The van der Waals surface area contributed by atoms with Gasteiger partial charge in [-0.05, 0) is 42.8 Å². The Labute approximate surface area is 186 Å². The molecule has 0 radical (unpaired) electrons. The summed E-state index contributed by atoms with van der Waals surface area (Å²) >= 11 is 5.91. The van der Waals surface area contributed by atoms with Crippen LogP contribution in [0.4, 0.5) is 0 Å². The number of benzene rings is 2. The number of hydrazone groups is 1. The molecule has 0 aliphatic rings. The van der Waals surface area contributed by atoms with E-state index in [1.165, 1.54) is 31.4 Å². The highest BCUT2D eigenvalue weighted by Crippen LogP contribution is 2.31. The topological polar surface area (TPSA) is 127 Å². The first-order chi connectivity index (χ1) is 13.7. The molecule has 9 nitrogen and oxygen atoms in total. The number of aryl methyl sites for hydroxylation is 1. The molecule has 0 spiro atoms. The average Bonchev–Trinajstić information content (AvgIpc) is 2.64. The van der Waals surface area contributed by atoms with Gasteiger partial charge in [0.2, 0.25) is 5.96 Å². The molecule has 0 heterocycles. The van der Waals surface area contributed by atoms with Gasteiger partial charge in [-0.2, -0.15) is 13.5 Å². The molecule has 0 unspecified atom stereocenters. The van der Waals surface area contributed by atoms with Crippen LogP contribution in [-0.4, -0.2) is 46.4 Å². The number of rotatable bonds is 9. The van der Waals surface area contributed by atoms with Crippen molar-refractivity contribution in [1.82, 2.24) is 5.01 Å². The van der Waals surface area contributed by atoms with Gasteiger partial charge in [0.15, 0.2) is 0 Å². The Morgan fingerprint density at radius 3 is 2.53 bits per heavy atom. The first kappa shape index (κ1) is 25.3. The summed E-state index contributed by atoms with van der Waals surface area (Å²) in [6, 6.07) is 8.90. The monoisotopic (exact) mass is 476 g/mol. The van der Waals surface area contributed by atoms with E-state index < -0.39 is 10.1 Å². The Kier molecular flexibility index (Phi) is 9.22. The molecule has 0 fully saturated rings. The van der Waals surface area contributed by atoms with E-state index >= 15 is 0 Å². The summed E-state index contributed by atoms with van der Waals surface area (Å²) in [6.45, 7) is 5.41. The van der Waals surface area contributed by atoms with Gasteiger partial charge in [-0.3, -0.25) is 5.41 Å². The smallest absolute Gasteiger partial charge is 0.342 e. The highest BCUT2D eigenvalue weighted by Gasteiger charge is 2.23. The summed E-state index contributed by atoms with van der Waals surface area (Å²) in [5, 5.41) is 12.3. The van der Waals surface area contributed by atoms with Crippen molar-refractivity contribution in [3.63, 3.8) is 0 Å². The second-order valence-electron chi connectivity index (χ2n) is 5.81. The first-order valence-corrected chi connectivity index (χ1v) is 10.1. The number of hydrogen-bond acceptors (Lipinski definition) is 7. The van der Waals surface area contributed by atoms with Crippen molar-refractivity contribution in [2.75, 3.05) is 20.3 Å². The molecular weight excluding hydrogens is 455 g/mol. The molecule has 0 bridgehead atoms. The Bertz CT molecular complexity index is 1020. The molecule has 164 valence electrons. The largest absolute Gasteiger partial charge is 0.495 e. The zero-order chi connectivity index (χ0) is 21.6. The zero-order valence-electron chi connectivity index (χ0n) is 16.3. The SMILES string of the molecule is C=NN(CCOc1cc(C)cc(OS(=O)(=O)c2cc(Cl)ccc2OC)c1)C(=N)N.Cl. The normalized spacial score (nSPS) is 10.5. The lowest BCUT2D eigenvalue weighted by atomic mass is 10.2. The van der Waals surface area contributed by atoms with E-state index in [9.17, 15) is 8.42 Å². The molecule has 0 aliphatic heterocycles. The van der Waals surface area contributed by atoms with Gasteiger partial charge in [-0.15, -0.1) is 12.4 Å². The van der Waals surface area contributed by atoms with Gasteiger partial charge in [0.05, 0.1) is 13.7 Å². The Morgan fingerprint density at radius 1 is 1.27 bits per heavy atom. The maximum Gasteiger partial charge on any atom is 0.342 e. The number of hydrogen-bond donors (Lipinski definition) is 2. The van der Waals surface area contributed by atoms with Gasteiger partial charge in [0.25, 0.3) is 0 Å². The second-order valence-corrected chi connectivity index (χ2v) is 7.76. The van der Waals surface area contributed by atoms with Crippen LogP contribution < -0.4 is 19.4 Å². The Hall–Kier alpha value is -2.69. The van der Waals surface area contributed by atoms with E-state index in [1.54, 1.807) is 19.1 Å². The van der Waals surface area contributed by atoms with Crippen molar-refractivity contribution in [2.24, 2.45) is 10.8 Å². The molecule has 0 aromatic heterocycles. The molecule has 2 aromatic rings. The van der Waals surface area contributed by atoms with Crippen LogP contribution in [0.5, 0.6) is 17.2 Å². The molecule has 0 saturated heterocycles. The third-order valence-corrected chi connectivity index (χ3v) is 5.15. The quantitative estimate of drug-likeness (QED) is 0.246. The van der Waals surface area contributed by atoms with Gasteiger partial charge >= 0.3 is 10.1 Å². The molecule has 30 heavy (non-hydrogen) atoms. The van der Waals surface area contributed by atoms with Gasteiger partial charge in [-0.25, -0.2) is 5.01 Å². The molecule has 12 heteroatoms. The van der Waals surface area contributed by atoms with Crippen molar-refractivity contribution < 1.29 is 22.1 Å². The zero-order valence-corrected chi connectivity index (χ0v) is 18.7. The highest BCUT2D eigenvalue weighted by molar-refractivity contribution is 7.87. The molecule has 0 aliphatic carbocycles. The van der Waals surface area contributed by atoms with Crippen LogP contribution in [0.2, 0.25) is 5.02 Å². The van der Waals surface area contributed by atoms with E-state index in [1.807, 2.05) is 0 Å². The summed E-state index contributed by atoms with van der Waals surface area (Å²) in [7, 11) is -2.85. The predicted octanol–water partition coefficient (Wildman–Crippen LogP) is 3.04. The predicted molar refractivity (Wildman–Crippen MR) is 118 cm³/mol. The maximum atomic E-state index is 12.7. The fourth-order valence-electron chi connectivity index (χ4n) is 2.38. The average molecular weight is 477 g/mol. The number of nitrogens with two attached hydrogens (primary N) is 1. The van der Waals surface area contributed by atoms with E-state index in [0.29, 0.717) is 5.75 Å². The van der Waals surface area contributed by atoms with Crippen molar-refractivity contribution in [3.8, 4) is 17.2 Å². The maximum absolute atomic E-state index is 12.7. The van der Waals surface area contributed by atoms with E-state index in [4.69, 9.17) is 36.4 Å². The summed E-state index contributed by atoms with van der Waals surface area (Å²) in [5.41, 5.74) is 6.07. The second kappa shape index (κ2) is 10.9. The van der Waals surface area contributed by atoms with Gasteiger partial charge < -0.3 is 19.4 Å². The summed E-state index contributed by atoms with van der Waals surface area (Å²) in [5.74, 6) is 0.284. The van der Waals surface area contributed by atoms with Gasteiger partial charge in [0.1, 0.15) is 28.8 Å². The fourth-order valence-corrected chi connectivity index (χ4v) is 3.73. The van der Waals surface area contributed by atoms with Crippen molar-refractivity contribution in [2.45, 2.75) is 11.8 Å². The van der Waals surface area contributed by atoms with Crippen LogP contribution in [-0.2, 0) is 10.1 Å². The van der Waals surface area contributed by atoms with Gasteiger partial charge in [0, 0.05) is 17.8 Å². The van der Waals surface area contributed by atoms with Crippen molar-refractivity contribution in [1.29, 1.82) is 5.41 Å². The molecular formula is C18H22Cl2N4O5S. The van der Waals surface area contributed by atoms with E-state index in [2.05, 4.69) is 11.8 Å². The number of nitrogens with zero attached hydrogens (tertiary/aromatic N) is 2. The number of nitrogens with one attached hydrogen (secondary N) is 1. The van der Waals surface area contributed by atoms with Crippen LogP contribution in [0, 0.1) is 12.3 Å². The van der Waals surface area contributed by atoms with Crippen LogP contribution in [0.25, 0.3) is 0 Å². The highest BCUT2D eigenvalue weighted by atomic mass is 35.5. The van der Waals surface area contributed by atoms with Crippen LogP contribution in [0.1, 0.15) is 5.56 Å². The molecule has 0 amide bonds. The lowest BCUT2D eigenvalue weighted by molar-refractivity contribution is 0.271. The fraction of sp³-hybridized carbons (Fsp3) is 0.222. The summed E-state index contributed by atoms with van der Waals surface area (Å²) < 4.78 is 41.4. The minimum Gasteiger partial charge on any atom is -0.495 e. The Balaban J connectivity index is 0.00000450. The molecule has 3 N–H and O–H groups in total. The van der Waals surface area contributed by atoms with E-state index in [-0.39, 0.29) is 52.9 Å². The third kappa shape index (κ3) is 6.68. The van der Waals surface area contributed by atoms with Crippen LogP contribution in [0.15, 0.2) is 46.4 Å². The minimum absolute atomic E-state index is 0. The standard InChI is InChI=1S/C18H21ClN4O5S.ClH/c1-12-8-14(27-7-6-23(22-2)18(20)21)11-15(9-12)28-29(24,25)17-10-13(19)4-5-16(17)26-3;/h4-5,8-11H,2,6-7H2,1,3H3,(H3,20,21);1H. The molecule has 2 rings (SSSR count). The summed E-state index contributed by atoms with van der Waals surface area (Å²) in [6.07, 6.45) is 0. The number of methoxy groups -OCH3 is 1. The van der Waals surface area contributed by atoms with Gasteiger partial charge in [-0.1, -0.05) is 11.6 Å². The van der Waals surface area contributed by atoms with Crippen LogP contribution >= 0.6 is 24.0 Å². The first-order valence-electron chi connectivity index (χ1n) is 8.27. The van der Waals surface area contributed by atoms with Crippen molar-refractivity contribution in [3.05, 3.63) is 47.0 Å². The molecule has 0 saturated carbocycles. The minimum atomic E-state index is -4.20. The lowest BCUT2D eigenvalue weighted by Crippen LogP contribution is -2.34. The molecule has 2 aromatic carbocycles. The molecule has 0 atom stereocenters. The lowest BCUT2D eigenvalue weighted by Gasteiger charge is -2.16. The third-order valence-electron chi connectivity index (χ3n) is 3.65. The number of halogens is 2. The van der Waals surface area contributed by atoms with E-state index in [0.717, 1.165) is 10.6 Å².